The van der Waals surface area contributed by atoms with E-state index >= 15 is 0 Å². The number of nitrogens with zero attached hydrogens (tertiary/aromatic N) is 3. The van der Waals surface area contributed by atoms with E-state index in [1.807, 2.05) is 31.2 Å². The minimum atomic E-state index is -0.113. The minimum absolute atomic E-state index is 0.113. The van der Waals surface area contributed by atoms with Crippen LogP contribution in [-0.4, -0.2) is 25.9 Å². The van der Waals surface area contributed by atoms with E-state index in [0.717, 1.165) is 10.9 Å². The van der Waals surface area contributed by atoms with E-state index in [4.69, 9.17) is 4.52 Å². The van der Waals surface area contributed by atoms with E-state index in [-0.39, 0.29) is 5.78 Å². The molecule has 0 amide bonds. The van der Waals surface area contributed by atoms with Gasteiger partial charge in [-0.25, -0.2) is 4.98 Å². The molecule has 23 heavy (non-hydrogen) atoms. The Hall–Kier alpha value is -2.80. The minimum Gasteiger partial charge on any atom is -0.360 e. The van der Waals surface area contributed by atoms with Crippen LogP contribution in [0.1, 0.15) is 28.2 Å². The second kappa shape index (κ2) is 5.44. The fourth-order valence-corrected chi connectivity index (χ4v) is 3.11. The number of hydrogen-bond donors (Lipinski definition) is 1. The summed E-state index contributed by atoms with van der Waals surface area (Å²) in [7, 11) is 0. The van der Waals surface area contributed by atoms with Gasteiger partial charge < -0.3 is 9.51 Å². The summed E-state index contributed by atoms with van der Waals surface area (Å²) in [4.78, 5) is 24.4. The topological polar surface area (TPSA) is 84.7 Å². The van der Waals surface area contributed by atoms with Crippen molar-refractivity contribution in [3.63, 3.8) is 0 Å². The van der Waals surface area contributed by atoms with Crippen molar-refractivity contribution in [3.05, 3.63) is 52.3 Å². The Morgan fingerprint density at radius 3 is 3.00 bits per heavy atom. The van der Waals surface area contributed by atoms with Crippen LogP contribution in [0, 0.1) is 0 Å². The number of ketones is 1. The Labute approximate surface area is 135 Å². The molecule has 1 N–H and O–H groups in total. The van der Waals surface area contributed by atoms with E-state index in [0.29, 0.717) is 34.4 Å². The Morgan fingerprint density at radius 2 is 2.17 bits per heavy atom. The first-order valence-electron chi connectivity index (χ1n) is 7.15. The van der Waals surface area contributed by atoms with Gasteiger partial charge in [-0.15, -0.1) is 11.3 Å². The number of benzene rings is 1. The summed E-state index contributed by atoms with van der Waals surface area (Å²) in [6.07, 6.45) is 2.38. The van der Waals surface area contributed by atoms with Gasteiger partial charge in [0.15, 0.2) is 5.01 Å². The fraction of sp³-hybridized carbons (Fsp3) is 0.125. The highest BCUT2D eigenvalue weighted by Gasteiger charge is 2.19. The lowest BCUT2D eigenvalue weighted by Crippen LogP contribution is -1.99. The zero-order chi connectivity index (χ0) is 15.8. The van der Waals surface area contributed by atoms with Gasteiger partial charge in [-0.3, -0.25) is 4.79 Å². The van der Waals surface area contributed by atoms with E-state index in [2.05, 4.69) is 20.1 Å². The molecule has 0 bridgehead atoms. The number of nitrogens with one attached hydrogen (secondary N) is 1. The summed E-state index contributed by atoms with van der Waals surface area (Å²) >= 11 is 1.28. The number of aryl methyl sites for hydroxylation is 1. The van der Waals surface area contributed by atoms with Crippen LogP contribution < -0.4 is 0 Å². The van der Waals surface area contributed by atoms with E-state index in [1.54, 1.807) is 11.6 Å². The van der Waals surface area contributed by atoms with Crippen LogP contribution in [0.2, 0.25) is 0 Å². The van der Waals surface area contributed by atoms with Gasteiger partial charge in [-0.05, 0) is 6.07 Å². The standard InChI is InChI=1S/C16H12N4O2S/c1-2-13-19-15(20-22-13)12-8-23-16(18-12)14(21)10-7-17-11-6-4-3-5-9(10)11/h3-8,17H,2H2,1H3. The molecular formula is C16H12N4O2S. The van der Waals surface area contributed by atoms with Crippen LogP contribution in [0.4, 0.5) is 0 Å². The monoisotopic (exact) mass is 324 g/mol. The highest BCUT2D eigenvalue weighted by atomic mass is 32.1. The second-order valence-electron chi connectivity index (χ2n) is 4.98. The molecule has 0 aliphatic rings. The Morgan fingerprint density at radius 1 is 1.30 bits per heavy atom. The number of aromatic amines is 1. The normalized spacial score (nSPS) is 11.2. The third-order valence-electron chi connectivity index (χ3n) is 3.53. The van der Waals surface area contributed by atoms with E-state index in [1.165, 1.54) is 11.3 Å². The van der Waals surface area contributed by atoms with Gasteiger partial charge in [0, 0.05) is 28.9 Å². The molecule has 0 saturated heterocycles. The zero-order valence-electron chi connectivity index (χ0n) is 12.2. The van der Waals surface area contributed by atoms with Gasteiger partial charge in [-0.1, -0.05) is 30.3 Å². The highest BCUT2D eigenvalue weighted by Crippen LogP contribution is 2.25. The zero-order valence-corrected chi connectivity index (χ0v) is 13.1. The van der Waals surface area contributed by atoms with Crippen molar-refractivity contribution in [3.8, 4) is 11.5 Å². The van der Waals surface area contributed by atoms with Crippen LogP contribution >= 0.6 is 11.3 Å². The first kappa shape index (κ1) is 13.8. The van der Waals surface area contributed by atoms with Gasteiger partial charge in [0.1, 0.15) is 5.69 Å². The Kier molecular flexibility index (Phi) is 3.27. The van der Waals surface area contributed by atoms with Crippen molar-refractivity contribution in [1.29, 1.82) is 0 Å². The summed E-state index contributed by atoms with van der Waals surface area (Å²) in [5.74, 6) is 0.853. The fourth-order valence-electron chi connectivity index (χ4n) is 2.36. The number of rotatable bonds is 4. The number of fused-ring (bicyclic) bond motifs is 1. The first-order valence-corrected chi connectivity index (χ1v) is 8.03. The Bertz CT molecular complexity index is 998. The number of thiazole rings is 1. The Balaban J connectivity index is 1.69. The third kappa shape index (κ3) is 2.35. The predicted molar refractivity (Wildman–Crippen MR) is 86.5 cm³/mol. The number of aromatic nitrogens is 4. The SMILES string of the molecule is CCc1nc(-c2csc(C(=O)c3c[nH]c4ccccc34)n2)no1. The second-order valence-corrected chi connectivity index (χ2v) is 5.84. The quantitative estimate of drug-likeness (QED) is 0.581. The summed E-state index contributed by atoms with van der Waals surface area (Å²) < 4.78 is 5.08. The summed E-state index contributed by atoms with van der Waals surface area (Å²) in [5, 5.41) is 6.95. The molecule has 0 aliphatic carbocycles. The maximum atomic E-state index is 12.7. The average Bonchev–Trinajstić information content (AvgIpc) is 3.31. The molecule has 0 saturated carbocycles. The number of para-hydroxylation sites is 1. The van der Waals surface area contributed by atoms with Gasteiger partial charge in [0.05, 0.1) is 5.56 Å². The van der Waals surface area contributed by atoms with Crippen molar-refractivity contribution in [1.82, 2.24) is 20.1 Å². The third-order valence-corrected chi connectivity index (χ3v) is 4.37. The number of H-pyrrole nitrogens is 1. The van der Waals surface area contributed by atoms with Gasteiger partial charge in [0.2, 0.25) is 17.5 Å². The van der Waals surface area contributed by atoms with Crippen molar-refractivity contribution in [2.45, 2.75) is 13.3 Å². The molecule has 4 aromatic rings. The van der Waals surface area contributed by atoms with Crippen molar-refractivity contribution < 1.29 is 9.32 Å². The maximum Gasteiger partial charge on any atom is 0.226 e. The summed E-state index contributed by atoms with van der Waals surface area (Å²) in [6, 6.07) is 7.69. The molecular weight excluding hydrogens is 312 g/mol. The number of carbonyl (C=O) groups is 1. The van der Waals surface area contributed by atoms with Crippen LogP contribution in [-0.2, 0) is 6.42 Å². The molecule has 0 fully saturated rings. The molecule has 0 atom stereocenters. The molecule has 0 radical (unpaired) electrons. The molecule has 4 rings (SSSR count). The maximum absolute atomic E-state index is 12.7. The molecule has 3 aromatic heterocycles. The highest BCUT2D eigenvalue weighted by molar-refractivity contribution is 7.12. The average molecular weight is 324 g/mol. The van der Waals surface area contributed by atoms with Crippen molar-refractivity contribution in [2.75, 3.05) is 0 Å². The lowest BCUT2D eigenvalue weighted by molar-refractivity contribution is 0.104. The van der Waals surface area contributed by atoms with E-state index in [9.17, 15) is 4.79 Å². The molecule has 3 heterocycles. The molecule has 0 aliphatic heterocycles. The molecule has 1 aromatic carbocycles. The van der Waals surface area contributed by atoms with E-state index < -0.39 is 0 Å². The van der Waals surface area contributed by atoms with Gasteiger partial charge in [-0.2, -0.15) is 4.98 Å². The molecule has 6 nitrogen and oxygen atoms in total. The number of carbonyl (C=O) groups excluding carboxylic acids is 1. The lowest BCUT2D eigenvalue weighted by atomic mass is 10.1. The molecule has 114 valence electrons. The first-order chi connectivity index (χ1) is 11.3. The summed E-state index contributed by atoms with van der Waals surface area (Å²) in [5.41, 5.74) is 2.10. The predicted octanol–water partition coefficient (Wildman–Crippen LogP) is 3.47. The van der Waals surface area contributed by atoms with Crippen LogP contribution in [0.3, 0.4) is 0 Å². The largest absolute Gasteiger partial charge is 0.360 e. The molecule has 0 spiro atoms. The van der Waals surface area contributed by atoms with Crippen molar-refractivity contribution in [2.24, 2.45) is 0 Å². The number of hydrogen-bond acceptors (Lipinski definition) is 6. The molecule has 0 unspecified atom stereocenters. The van der Waals surface area contributed by atoms with Gasteiger partial charge in [0.25, 0.3) is 0 Å². The smallest absolute Gasteiger partial charge is 0.226 e. The van der Waals surface area contributed by atoms with Crippen LogP contribution in [0.15, 0.2) is 40.4 Å². The van der Waals surface area contributed by atoms with Crippen LogP contribution in [0.25, 0.3) is 22.4 Å². The summed E-state index contributed by atoms with van der Waals surface area (Å²) in [6.45, 7) is 1.93. The van der Waals surface area contributed by atoms with Gasteiger partial charge >= 0.3 is 0 Å². The lowest BCUT2D eigenvalue weighted by Gasteiger charge is -1.94. The van der Waals surface area contributed by atoms with Crippen molar-refractivity contribution >= 4 is 28.0 Å². The molecule has 7 heteroatoms. The van der Waals surface area contributed by atoms with Crippen LogP contribution in [0.5, 0.6) is 0 Å².